The molecule has 0 saturated carbocycles. The molecule has 2 aromatic rings. The molecule has 3 atom stereocenters. The number of carbonyl (C=O) groups excluding carboxylic acids is 1. The molecule has 0 aromatic heterocycles. The van der Waals surface area contributed by atoms with Crippen LogP contribution in [0.3, 0.4) is 0 Å². The number of carbonyl (C=O) groups is 1. The molecule has 3 N–H and O–H groups in total. The number of nitrogens with one attached hydrogen (secondary N) is 3. The largest absolute Gasteiger partial charge is 0.495 e. The number of benzene rings is 2. The number of rotatable bonds is 5. The normalized spacial score (nSPS) is 22.7. The molecule has 10 heteroatoms. The van der Waals surface area contributed by atoms with Crippen LogP contribution in [0.15, 0.2) is 53.9 Å². The lowest BCUT2D eigenvalue weighted by Gasteiger charge is -2.36. The van der Waals surface area contributed by atoms with Crippen molar-refractivity contribution >= 4 is 40.1 Å². The molecule has 0 bridgehead atoms. The van der Waals surface area contributed by atoms with Gasteiger partial charge in [0.25, 0.3) is 0 Å². The third-order valence-corrected chi connectivity index (χ3v) is 7.61. The highest BCUT2D eigenvalue weighted by atomic mass is 35.5. The van der Waals surface area contributed by atoms with Crippen LogP contribution in [0.25, 0.3) is 0 Å². The molecule has 3 aliphatic heterocycles. The SMILES string of the molecule is COc1ccc(Cl)cc1NC(=O)CSC1=NNC2C3CC(c4ccc(C)c(C)c4)NN3C=CN12. The molecular formula is C24H27ClN6O2S. The van der Waals surface area contributed by atoms with Crippen LogP contribution in [-0.2, 0) is 4.79 Å². The van der Waals surface area contributed by atoms with Gasteiger partial charge in [-0.25, -0.2) is 5.43 Å². The summed E-state index contributed by atoms with van der Waals surface area (Å²) < 4.78 is 5.30. The zero-order valence-electron chi connectivity index (χ0n) is 19.2. The summed E-state index contributed by atoms with van der Waals surface area (Å²) >= 11 is 7.45. The Kier molecular flexibility index (Phi) is 6.33. The van der Waals surface area contributed by atoms with E-state index in [1.54, 1.807) is 25.3 Å². The van der Waals surface area contributed by atoms with E-state index in [1.807, 2.05) is 12.4 Å². The molecule has 0 radical (unpaired) electrons. The maximum atomic E-state index is 12.6. The first kappa shape index (κ1) is 22.9. The summed E-state index contributed by atoms with van der Waals surface area (Å²) in [5.41, 5.74) is 11.3. The minimum absolute atomic E-state index is 0.00707. The van der Waals surface area contributed by atoms with Crippen molar-refractivity contribution in [2.45, 2.75) is 38.5 Å². The van der Waals surface area contributed by atoms with Gasteiger partial charge in [-0.05, 0) is 55.2 Å². The van der Waals surface area contributed by atoms with E-state index in [2.05, 4.69) is 63.2 Å². The van der Waals surface area contributed by atoms with Crippen LogP contribution in [0.4, 0.5) is 5.69 Å². The Bertz CT molecular complexity index is 1170. The van der Waals surface area contributed by atoms with Crippen molar-refractivity contribution in [2.75, 3.05) is 18.2 Å². The van der Waals surface area contributed by atoms with E-state index >= 15 is 0 Å². The van der Waals surface area contributed by atoms with Crippen LogP contribution in [0, 0.1) is 13.8 Å². The van der Waals surface area contributed by atoms with Gasteiger partial charge in [-0.2, -0.15) is 5.10 Å². The quantitative estimate of drug-likeness (QED) is 0.576. The van der Waals surface area contributed by atoms with Crippen LogP contribution in [0.1, 0.15) is 29.2 Å². The van der Waals surface area contributed by atoms with Gasteiger partial charge in [-0.1, -0.05) is 41.6 Å². The van der Waals surface area contributed by atoms with Gasteiger partial charge < -0.3 is 20.0 Å². The topological polar surface area (TPSA) is 81.2 Å². The van der Waals surface area contributed by atoms with Crippen molar-refractivity contribution in [3.8, 4) is 5.75 Å². The molecule has 0 aliphatic carbocycles. The first-order valence-corrected chi connectivity index (χ1v) is 12.5. The number of thioether (sulfide) groups is 1. The molecular weight excluding hydrogens is 472 g/mol. The van der Waals surface area contributed by atoms with Crippen LogP contribution in [-0.4, -0.2) is 46.1 Å². The van der Waals surface area contributed by atoms with Gasteiger partial charge in [0.1, 0.15) is 11.9 Å². The predicted octanol–water partition coefficient (Wildman–Crippen LogP) is 3.94. The average Bonchev–Trinajstić information content (AvgIpc) is 3.43. The number of hydrogen-bond donors (Lipinski definition) is 3. The van der Waals surface area contributed by atoms with Crippen molar-refractivity contribution in [1.29, 1.82) is 0 Å². The minimum Gasteiger partial charge on any atom is -0.495 e. The molecule has 3 unspecified atom stereocenters. The van der Waals surface area contributed by atoms with Crippen LogP contribution in [0.2, 0.25) is 5.02 Å². The monoisotopic (exact) mass is 498 g/mol. The Morgan fingerprint density at radius 1 is 1.24 bits per heavy atom. The Balaban J connectivity index is 1.19. The number of nitrogens with zero attached hydrogens (tertiary/aromatic N) is 3. The fourth-order valence-corrected chi connectivity index (χ4v) is 5.39. The summed E-state index contributed by atoms with van der Waals surface area (Å²) in [6.45, 7) is 4.28. The second kappa shape index (κ2) is 9.40. The van der Waals surface area contributed by atoms with Crippen LogP contribution in [0.5, 0.6) is 5.75 Å². The molecule has 0 spiro atoms. The number of hydrogen-bond acceptors (Lipinski definition) is 8. The third kappa shape index (κ3) is 4.43. The highest BCUT2D eigenvalue weighted by molar-refractivity contribution is 8.14. The maximum absolute atomic E-state index is 12.6. The van der Waals surface area contributed by atoms with Gasteiger partial charge in [-0.15, -0.1) is 0 Å². The predicted molar refractivity (Wildman–Crippen MR) is 136 cm³/mol. The van der Waals surface area contributed by atoms with E-state index in [-0.39, 0.29) is 29.9 Å². The first-order chi connectivity index (χ1) is 16.4. The Morgan fingerprint density at radius 2 is 2.09 bits per heavy atom. The molecule has 178 valence electrons. The lowest BCUT2D eigenvalue weighted by atomic mass is 9.97. The van der Waals surface area contributed by atoms with Gasteiger partial charge in [0.2, 0.25) is 5.91 Å². The lowest BCUT2D eigenvalue weighted by molar-refractivity contribution is -0.113. The van der Waals surface area contributed by atoms with E-state index in [4.69, 9.17) is 16.3 Å². The molecule has 1 saturated heterocycles. The van der Waals surface area contributed by atoms with E-state index < -0.39 is 0 Å². The van der Waals surface area contributed by atoms with Gasteiger partial charge in [0, 0.05) is 17.4 Å². The van der Waals surface area contributed by atoms with Crippen molar-refractivity contribution in [3.63, 3.8) is 0 Å². The van der Waals surface area contributed by atoms with E-state index in [0.717, 1.165) is 11.6 Å². The highest BCUT2D eigenvalue weighted by Gasteiger charge is 2.44. The van der Waals surface area contributed by atoms with Crippen LogP contribution < -0.4 is 20.9 Å². The number of halogens is 1. The Morgan fingerprint density at radius 3 is 2.88 bits per heavy atom. The molecule has 2 aromatic carbocycles. The number of amides is 1. The van der Waals surface area contributed by atoms with Crippen molar-refractivity contribution in [1.82, 2.24) is 20.8 Å². The zero-order chi connectivity index (χ0) is 23.8. The fourth-order valence-electron chi connectivity index (χ4n) is 4.44. The van der Waals surface area contributed by atoms with E-state index in [1.165, 1.54) is 28.5 Å². The number of aryl methyl sites for hydroxylation is 2. The average molecular weight is 499 g/mol. The minimum atomic E-state index is -0.156. The molecule has 5 rings (SSSR count). The summed E-state index contributed by atoms with van der Waals surface area (Å²) in [6.07, 6.45) is 5.00. The summed E-state index contributed by atoms with van der Waals surface area (Å²) in [5.74, 6) is 0.621. The summed E-state index contributed by atoms with van der Waals surface area (Å²) in [6, 6.07) is 12.2. The van der Waals surface area contributed by atoms with Crippen molar-refractivity contribution in [3.05, 3.63) is 70.5 Å². The molecule has 8 nitrogen and oxygen atoms in total. The standard InChI is InChI=1S/C24H27ClN6O2S/c1-14-4-5-16(10-15(14)2)18-12-20-23-27-28-24(30(23)8-9-31(20)29-18)34-13-22(32)26-19-11-17(25)6-7-21(19)33-3/h4-11,18,20,23,27,29H,12-13H2,1-3H3,(H,26,32). The van der Waals surface area contributed by atoms with Crippen LogP contribution >= 0.6 is 23.4 Å². The van der Waals surface area contributed by atoms with Gasteiger partial charge in [-0.3, -0.25) is 10.2 Å². The van der Waals surface area contributed by atoms with Gasteiger partial charge >= 0.3 is 0 Å². The summed E-state index contributed by atoms with van der Waals surface area (Å²) in [7, 11) is 1.56. The number of amidine groups is 1. The number of hydrazine groups is 1. The number of ether oxygens (including phenoxy) is 1. The summed E-state index contributed by atoms with van der Waals surface area (Å²) in [4.78, 5) is 14.7. The van der Waals surface area contributed by atoms with E-state index in [9.17, 15) is 4.79 Å². The zero-order valence-corrected chi connectivity index (χ0v) is 20.8. The molecule has 34 heavy (non-hydrogen) atoms. The number of anilines is 1. The number of methoxy groups -OCH3 is 1. The van der Waals surface area contributed by atoms with Gasteiger partial charge in [0.05, 0.1) is 30.6 Å². The third-order valence-electron chi connectivity index (χ3n) is 6.41. The highest BCUT2D eigenvalue weighted by Crippen LogP contribution is 2.35. The second-order valence-electron chi connectivity index (χ2n) is 8.59. The second-order valence-corrected chi connectivity index (χ2v) is 9.97. The molecule has 3 heterocycles. The number of hydrazone groups is 1. The smallest absolute Gasteiger partial charge is 0.234 e. The van der Waals surface area contributed by atoms with Crippen molar-refractivity contribution < 1.29 is 9.53 Å². The van der Waals surface area contributed by atoms with Crippen molar-refractivity contribution in [2.24, 2.45) is 5.10 Å². The molecule has 1 amide bonds. The Labute approximate surface area is 208 Å². The Hall–Kier alpha value is -2.88. The van der Waals surface area contributed by atoms with Gasteiger partial charge in [0.15, 0.2) is 5.17 Å². The molecule has 1 fully saturated rings. The lowest BCUT2D eigenvalue weighted by Crippen LogP contribution is -2.54. The fraction of sp³-hybridized carbons (Fsp3) is 0.333. The van der Waals surface area contributed by atoms with E-state index in [0.29, 0.717) is 16.5 Å². The first-order valence-electron chi connectivity index (χ1n) is 11.1. The summed E-state index contributed by atoms with van der Waals surface area (Å²) in [5, 5.41) is 10.8. The molecule has 3 aliphatic rings. The maximum Gasteiger partial charge on any atom is 0.234 e. The number of fused-ring (bicyclic) bond motifs is 3.